The van der Waals surface area contributed by atoms with Gasteiger partial charge < -0.3 is 10.2 Å². The van der Waals surface area contributed by atoms with E-state index in [9.17, 15) is 0 Å². The zero-order valence-corrected chi connectivity index (χ0v) is 8.05. The van der Waals surface area contributed by atoms with Crippen LogP contribution in [-0.2, 0) is 13.5 Å². The molecular formula is C10H13N3O. The van der Waals surface area contributed by atoms with Crippen molar-refractivity contribution < 1.29 is 4.42 Å². The Bertz CT molecular complexity index is 391. The van der Waals surface area contributed by atoms with E-state index in [1.165, 1.54) is 0 Å². The molecule has 0 amide bonds. The van der Waals surface area contributed by atoms with Gasteiger partial charge in [-0.1, -0.05) is 0 Å². The van der Waals surface area contributed by atoms with Crippen molar-refractivity contribution in [2.75, 3.05) is 0 Å². The van der Waals surface area contributed by atoms with Gasteiger partial charge in [0, 0.05) is 24.8 Å². The number of rotatable bonds is 3. The summed E-state index contributed by atoms with van der Waals surface area (Å²) in [5.41, 5.74) is 8.17. The lowest BCUT2D eigenvalue weighted by Gasteiger charge is -2.06. The highest BCUT2D eigenvalue weighted by Crippen LogP contribution is 2.15. The Morgan fingerprint density at radius 2 is 2.50 bits per heavy atom. The van der Waals surface area contributed by atoms with Crippen LogP contribution >= 0.6 is 0 Å². The van der Waals surface area contributed by atoms with Gasteiger partial charge in [-0.15, -0.1) is 0 Å². The third kappa shape index (κ3) is 1.85. The maximum atomic E-state index is 6.00. The minimum Gasteiger partial charge on any atom is -0.472 e. The zero-order chi connectivity index (χ0) is 9.97. The lowest BCUT2D eigenvalue weighted by atomic mass is 10.1. The molecule has 0 bridgehead atoms. The molecule has 0 spiro atoms. The molecule has 0 aliphatic rings. The highest BCUT2D eigenvalue weighted by atomic mass is 16.3. The summed E-state index contributed by atoms with van der Waals surface area (Å²) in [7, 11) is 1.88. The Morgan fingerprint density at radius 3 is 3.07 bits per heavy atom. The van der Waals surface area contributed by atoms with Gasteiger partial charge in [-0.2, -0.15) is 5.10 Å². The largest absolute Gasteiger partial charge is 0.472 e. The van der Waals surface area contributed by atoms with Crippen LogP contribution in [0.1, 0.15) is 17.2 Å². The molecule has 0 aliphatic heterocycles. The predicted octanol–water partition coefficient (Wildman–Crippen LogP) is 1.26. The molecule has 14 heavy (non-hydrogen) atoms. The van der Waals surface area contributed by atoms with Crippen LogP contribution in [0.15, 0.2) is 35.4 Å². The third-order valence-corrected chi connectivity index (χ3v) is 2.19. The van der Waals surface area contributed by atoms with Gasteiger partial charge >= 0.3 is 0 Å². The van der Waals surface area contributed by atoms with Crippen LogP contribution in [0.3, 0.4) is 0 Å². The number of aryl methyl sites for hydroxylation is 1. The van der Waals surface area contributed by atoms with Crippen LogP contribution in [0.25, 0.3) is 0 Å². The van der Waals surface area contributed by atoms with E-state index in [2.05, 4.69) is 5.10 Å². The van der Waals surface area contributed by atoms with E-state index in [1.54, 1.807) is 23.4 Å². The monoisotopic (exact) mass is 191 g/mol. The quantitative estimate of drug-likeness (QED) is 0.794. The molecule has 4 nitrogen and oxygen atoms in total. The fourth-order valence-corrected chi connectivity index (χ4v) is 1.41. The first kappa shape index (κ1) is 9.02. The van der Waals surface area contributed by atoms with Crippen LogP contribution in [0.4, 0.5) is 0 Å². The Balaban J connectivity index is 2.06. The first-order valence-corrected chi connectivity index (χ1v) is 4.51. The van der Waals surface area contributed by atoms with Crippen molar-refractivity contribution in [2.45, 2.75) is 12.5 Å². The van der Waals surface area contributed by atoms with Gasteiger partial charge in [0.15, 0.2) is 0 Å². The second-order valence-corrected chi connectivity index (χ2v) is 3.39. The van der Waals surface area contributed by atoms with Crippen LogP contribution in [-0.4, -0.2) is 9.78 Å². The second kappa shape index (κ2) is 3.67. The number of nitrogens with two attached hydrogens (primary N) is 1. The van der Waals surface area contributed by atoms with Gasteiger partial charge in [-0.3, -0.25) is 4.68 Å². The molecule has 74 valence electrons. The SMILES string of the molecule is Cn1cc(C(N)Cc2ccoc2)cn1. The minimum absolute atomic E-state index is 0.0127. The van der Waals surface area contributed by atoms with Crippen LogP contribution < -0.4 is 5.73 Å². The molecule has 0 fully saturated rings. The van der Waals surface area contributed by atoms with E-state index >= 15 is 0 Å². The maximum absolute atomic E-state index is 6.00. The lowest BCUT2D eigenvalue weighted by molar-refractivity contribution is 0.561. The van der Waals surface area contributed by atoms with Crippen LogP contribution in [0.5, 0.6) is 0 Å². The summed E-state index contributed by atoms with van der Waals surface area (Å²) in [6.07, 6.45) is 7.89. The van der Waals surface area contributed by atoms with Crippen molar-refractivity contribution in [3.05, 3.63) is 42.1 Å². The molecule has 2 N–H and O–H groups in total. The summed E-state index contributed by atoms with van der Waals surface area (Å²) in [6.45, 7) is 0. The molecule has 1 atom stereocenters. The molecule has 2 heterocycles. The molecule has 1 unspecified atom stereocenters. The number of furan rings is 1. The van der Waals surface area contributed by atoms with Crippen molar-refractivity contribution in [1.29, 1.82) is 0 Å². The average Bonchev–Trinajstić information content (AvgIpc) is 2.75. The summed E-state index contributed by atoms with van der Waals surface area (Å²) in [4.78, 5) is 0. The number of hydrogen-bond acceptors (Lipinski definition) is 3. The molecule has 0 radical (unpaired) electrons. The molecule has 4 heteroatoms. The Kier molecular flexibility index (Phi) is 2.37. The Hall–Kier alpha value is -1.55. The molecular weight excluding hydrogens is 178 g/mol. The van der Waals surface area contributed by atoms with Crippen molar-refractivity contribution >= 4 is 0 Å². The predicted molar refractivity (Wildman–Crippen MR) is 52.5 cm³/mol. The number of nitrogens with zero attached hydrogens (tertiary/aromatic N) is 2. The Labute approximate surface area is 82.3 Å². The molecule has 0 saturated carbocycles. The number of aromatic nitrogens is 2. The summed E-state index contributed by atoms with van der Waals surface area (Å²) in [6, 6.07) is 1.91. The van der Waals surface area contributed by atoms with E-state index in [4.69, 9.17) is 10.2 Å². The van der Waals surface area contributed by atoms with Gasteiger partial charge in [0.25, 0.3) is 0 Å². The van der Waals surface area contributed by atoms with E-state index in [0.717, 1.165) is 17.5 Å². The summed E-state index contributed by atoms with van der Waals surface area (Å²) < 4.78 is 6.73. The highest BCUT2D eigenvalue weighted by Gasteiger charge is 2.09. The number of hydrogen-bond donors (Lipinski definition) is 1. The topological polar surface area (TPSA) is 57.0 Å². The first-order valence-electron chi connectivity index (χ1n) is 4.51. The fraction of sp³-hybridized carbons (Fsp3) is 0.300. The van der Waals surface area contributed by atoms with Gasteiger partial charge in [0.1, 0.15) is 0 Å². The molecule has 2 rings (SSSR count). The first-order chi connectivity index (χ1) is 6.75. The summed E-state index contributed by atoms with van der Waals surface area (Å²) >= 11 is 0. The third-order valence-electron chi connectivity index (χ3n) is 2.19. The van der Waals surface area contributed by atoms with Gasteiger partial charge in [0.05, 0.1) is 18.7 Å². The zero-order valence-electron chi connectivity index (χ0n) is 8.05. The van der Waals surface area contributed by atoms with Crippen LogP contribution in [0, 0.1) is 0 Å². The minimum atomic E-state index is -0.0127. The smallest absolute Gasteiger partial charge is 0.0935 e. The normalized spacial score (nSPS) is 13.0. The molecule has 0 saturated heterocycles. The van der Waals surface area contributed by atoms with Crippen molar-refractivity contribution in [3.8, 4) is 0 Å². The van der Waals surface area contributed by atoms with E-state index in [0.29, 0.717) is 0 Å². The Morgan fingerprint density at radius 1 is 1.64 bits per heavy atom. The highest BCUT2D eigenvalue weighted by molar-refractivity contribution is 5.15. The summed E-state index contributed by atoms with van der Waals surface area (Å²) in [5.74, 6) is 0. The second-order valence-electron chi connectivity index (χ2n) is 3.39. The standard InChI is InChI=1S/C10H13N3O/c1-13-6-9(5-12-13)10(11)4-8-2-3-14-7-8/h2-3,5-7,10H,4,11H2,1H3. The molecule has 0 aromatic carbocycles. The maximum Gasteiger partial charge on any atom is 0.0935 e. The van der Waals surface area contributed by atoms with E-state index in [-0.39, 0.29) is 6.04 Å². The van der Waals surface area contributed by atoms with E-state index in [1.807, 2.05) is 19.3 Å². The van der Waals surface area contributed by atoms with Crippen LogP contribution in [0.2, 0.25) is 0 Å². The van der Waals surface area contributed by atoms with Crippen molar-refractivity contribution in [2.24, 2.45) is 12.8 Å². The average molecular weight is 191 g/mol. The van der Waals surface area contributed by atoms with Gasteiger partial charge in [-0.25, -0.2) is 0 Å². The lowest BCUT2D eigenvalue weighted by Crippen LogP contribution is -2.12. The van der Waals surface area contributed by atoms with Gasteiger partial charge in [0.2, 0.25) is 0 Å². The van der Waals surface area contributed by atoms with Crippen molar-refractivity contribution in [1.82, 2.24) is 9.78 Å². The molecule has 2 aromatic rings. The van der Waals surface area contributed by atoms with Crippen molar-refractivity contribution in [3.63, 3.8) is 0 Å². The molecule has 2 aromatic heterocycles. The summed E-state index contributed by atoms with van der Waals surface area (Å²) in [5, 5.41) is 4.08. The fourth-order valence-electron chi connectivity index (χ4n) is 1.41. The molecule has 0 aliphatic carbocycles. The van der Waals surface area contributed by atoms with E-state index < -0.39 is 0 Å². The van der Waals surface area contributed by atoms with Gasteiger partial charge in [-0.05, 0) is 18.1 Å².